The third-order valence-electron chi connectivity index (χ3n) is 4.42. The molecule has 0 bridgehead atoms. The lowest BCUT2D eigenvalue weighted by Gasteiger charge is -2.15. The fourth-order valence-electron chi connectivity index (χ4n) is 3.19. The molecular formula is C18H22N4O2. The second-order valence-corrected chi connectivity index (χ2v) is 6.14. The average Bonchev–Trinajstić information content (AvgIpc) is 2.73. The van der Waals surface area contributed by atoms with E-state index in [1.807, 2.05) is 36.6 Å². The Bertz CT molecular complexity index is 752. The molecule has 3 rings (SSSR count). The second-order valence-electron chi connectivity index (χ2n) is 6.14. The van der Waals surface area contributed by atoms with Crippen molar-refractivity contribution in [3.63, 3.8) is 0 Å². The molecule has 2 N–H and O–H groups in total. The van der Waals surface area contributed by atoms with E-state index in [0.717, 1.165) is 29.9 Å². The molecule has 24 heavy (non-hydrogen) atoms. The third kappa shape index (κ3) is 3.18. The summed E-state index contributed by atoms with van der Waals surface area (Å²) in [7, 11) is 0. The summed E-state index contributed by atoms with van der Waals surface area (Å²) in [5.41, 5.74) is 3.30. The van der Waals surface area contributed by atoms with Gasteiger partial charge in [-0.15, -0.1) is 0 Å². The first-order valence-electron chi connectivity index (χ1n) is 8.26. The molecule has 0 saturated carbocycles. The van der Waals surface area contributed by atoms with Gasteiger partial charge in [-0.3, -0.25) is 14.6 Å². The topological polar surface area (TPSA) is 76.0 Å². The van der Waals surface area contributed by atoms with E-state index in [1.165, 1.54) is 0 Å². The van der Waals surface area contributed by atoms with Crippen LogP contribution < -0.4 is 10.6 Å². The van der Waals surface area contributed by atoms with Crippen molar-refractivity contribution in [2.45, 2.75) is 39.2 Å². The van der Waals surface area contributed by atoms with Crippen LogP contribution in [-0.4, -0.2) is 34.0 Å². The Morgan fingerprint density at radius 3 is 2.96 bits per heavy atom. The number of carbonyl (C=O) groups is 2. The van der Waals surface area contributed by atoms with Crippen LogP contribution in [0.4, 0.5) is 0 Å². The Labute approximate surface area is 141 Å². The van der Waals surface area contributed by atoms with Gasteiger partial charge in [0, 0.05) is 24.1 Å². The monoisotopic (exact) mass is 326 g/mol. The summed E-state index contributed by atoms with van der Waals surface area (Å²) in [5.74, 6) is -0.304. The van der Waals surface area contributed by atoms with Gasteiger partial charge in [-0.2, -0.15) is 0 Å². The molecule has 3 heterocycles. The molecule has 2 aromatic heterocycles. The number of aryl methyl sites for hydroxylation is 1. The predicted molar refractivity (Wildman–Crippen MR) is 91.2 cm³/mol. The van der Waals surface area contributed by atoms with Crippen LogP contribution in [0.25, 0.3) is 5.69 Å². The maximum atomic E-state index is 12.7. The lowest BCUT2D eigenvalue weighted by Crippen LogP contribution is -2.45. The van der Waals surface area contributed by atoms with Crippen LogP contribution in [0, 0.1) is 13.8 Å². The quantitative estimate of drug-likeness (QED) is 0.904. The second kappa shape index (κ2) is 6.86. The SMILES string of the molecule is Cc1cc(C(=O)N[C@H]2CCCCNC2=O)c(C)n1-c1cccnc1. The Balaban J connectivity index is 1.84. The summed E-state index contributed by atoms with van der Waals surface area (Å²) < 4.78 is 2.00. The van der Waals surface area contributed by atoms with E-state index in [-0.39, 0.29) is 11.8 Å². The highest BCUT2D eigenvalue weighted by atomic mass is 16.2. The minimum absolute atomic E-state index is 0.0954. The van der Waals surface area contributed by atoms with Gasteiger partial charge in [-0.25, -0.2) is 0 Å². The van der Waals surface area contributed by atoms with Crippen LogP contribution in [0.5, 0.6) is 0 Å². The first-order valence-corrected chi connectivity index (χ1v) is 8.26. The normalized spacial score (nSPS) is 17.9. The van der Waals surface area contributed by atoms with E-state index in [1.54, 1.807) is 12.4 Å². The molecule has 6 heteroatoms. The summed E-state index contributed by atoms with van der Waals surface area (Å²) in [6, 6.07) is 5.21. The van der Waals surface area contributed by atoms with Crippen molar-refractivity contribution in [3.8, 4) is 5.69 Å². The van der Waals surface area contributed by atoms with Crippen molar-refractivity contribution < 1.29 is 9.59 Å². The Morgan fingerprint density at radius 2 is 2.21 bits per heavy atom. The first kappa shape index (κ1) is 16.2. The first-order chi connectivity index (χ1) is 11.6. The highest BCUT2D eigenvalue weighted by Crippen LogP contribution is 2.20. The van der Waals surface area contributed by atoms with E-state index >= 15 is 0 Å². The zero-order chi connectivity index (χ0) is 17.1. The predicted octanol–water partition coefficient (Wildman–Crippen LogP) is 1.89. The largest absolute Gasteiger partial charge is 0.354 e. The van der Waals surface area contributed by atoms with Gasteiger partial charge in [-0.1, -0.05) is 0 Å². The number of carbonyl (C=O) groups excluding carboxylic acids is 2. The minimum Gasteiger partial charge on any atom is -0.354 e. The third-order valence-corrected chi connectivity index (χ3v) is 4.42. The van der Waals surface area contributed by atoms with Gasteiger partial charge < -0.3 is 15.2 Å². The van der Waals surface area contributed by atoms with Gasteiger partial charge in [0.05, 0.1) is 17.4 Å². The summed E-state index contributed by atoms with van der Waals surface area (Å²) in [5, 5.41) is 5.72. The molecular weight excluding hydrogens is 304 g/mol. The number of nitrogens with zero attached hydrogens (tertiary/aromatic N) is 2. The number of rotatable bonds is 3. The molecule has 1 fully saturated rings. The molecule has 1 saturated heterocycles. The zero-order valence-electron chi connectivity index (χ0n) is 14.0. The highest BCUT2D eigenvalue weighted by molar-refractivity contribution is 5.98. The molecule has 2 amide bonds. The highest BCUT2D eigenvalue weighted by Gasteiger charge is 2.25. The van der Waals surface area contributed by atoms with Crippen LogP contribution in [-0.2, 0) is 4.79 Å². The maximum absolute atomic E-state index is 12.7. The molecule has 0 aromatic carbocycles. The van der Waals surface area contributed by atoms with Gasteiger partial charge in [0.1, 0.15) is 6.04 Å². The number of hydrogen-bond acceptors (Lipinski definition) is 3. The molecule has 1 atom stereocenters. The van der Waals surface area contributed by atoms with Gasteiger partial charge in [0.2, 0.25) is 5.91 Å². The molecule has 0 unspecified atom stereocenters. The molecule has 6 nitrogen and oxygen atoms in total. The summed E-state index contributed by atoms with van der Waals surface area (Å²) >= 11 is 0. The molecule has 2 aromatic rings. The van der Waals surface area contributed by atoms with Crippen molar-refractivity contribution in [1.82, 2.24) is 20.2 Å². The molecule has 0 radical (unpaired) electrons. The van der Waals surface area contributed by atoms with Crippen LogP contribution in [0.3, 0.4) is 0 Å². The Hall–Kier alpha value is -2.63. The fraction of sp³-hybridized carbons (Fsp3) is 0.389. The van der Waals surface area contributed by atoms with Gasteiger partial charge in [-0.05, 0) is 51.3 Å². The average molecular weight is 326 g/mol. The minimum atomic E-state index is -0.457. The van der Waals surface area contributed by atoms with Crippen LogP contribution >= 0.6 is 0 Å². The molecule has 1 aliphatic heterocycles. The van der Waals surface area contributed by atoms with E-state index in [2.05, 4.69) is 15.6 Å². The van der Waals surface area contributed by atoms with Crippen molar-refractivity contribution in [3.05, 3.63) is 47.5 Å². The van der Waals surface area contributed by atoms with Crippen LogP contribution in [0.2, 0.25) is 0 Å². The summed E-state index contributed by atoms with van der Waals surface area (Å²) in [6.07, 6.45) is 6.04. The number of hydrogen-bond donors (Lipinski definition) is 2. The van der Waals surface area contributed by atoms with Crippen molar-refractivity contribution in [2.24, 2.45) is 0 Å². The number of amides is 2. The standard InChI is InChI=1S/C18H22N4O2/c1-12-10-15(13(2)22(12)14-6-5-8-19-11-14)17(23)21-16-7-3-4-9-20-18(16)24/h5-6,8,10-11,16H,3-4,7,9H2,1-2H3,(H,20,24)(H,21,23)/t16-/m0/s1. The number of pyridine rings is 1. The van der Waals surface area contributed by atoms with Gasteiger partial charge in [0.15, 0.2) is 0 Å². The number of aromatic nitrogens is 2. The van der Waals surface area contributed by atoms with Gasteiger partial charge in [0.25, 0.3) is 5.91 Å². The molecule has 126 valence electrons. The lowest BCUT2D eigenvalue weighted by atomic mass is 10.1. The molecule has 1 aliphatic rings. The summed E-state index contributed by atoms with van der Waals surface area (Å²) in [4.78, 5) is 28.8. The van der Waals surface area contributed by atoms with Crippen molar-refractivity contribution >= 4 is 11.8 Å². The van der Waals surface area contributed by atoms with E-state index in [4.69, 9.17) is 0 Å². The molecule has 0 spiro atoms. The Morgan fingerprint density at radius 1 is 1.38 bits per heavy atom. The zero-order valence-corrected chi connectivity index (χ0v) is 14.0. The fourth-order valence-corrected chi connectivity index (χ4v) is 3.19. The van der Waals surface area contributed by atoms with E-state index < -0.39 is 6.04 Å². The Kier molecular flexibility index (Phi) is 4.64. The summed E-state index contributed by atoms with van der Waals surface area (Å²) in [6.45, 7) is 4.54. The molecule has 0 aliphatic carbocycles. The smallest absolute Gasteiger partial charge is 0.253 e. The number of nitrogens with one attached hydrogen (secondary N) is 2. The van der Waals surface area contributed by atoms with Crippen molar-refractivity contribution in [2.75, 3.05) is 6.54 Å². The van der Waals surface area contributed by atoms with Crippen LogP contribution in [0.15, 0.2) is 30.6 Å². The van der Waals surface area contributed by atoms with E-state index in [9.17, 15) is 9.59 Å². The van der Waals surface area contributed by atoms with Gasteiger partial charge >= 0.3 is 0 Å². The maximum Gasteiger partial charge on any atom is 0.253 e. The van der Waals surface area contributed by atoms with Crippen LogP contribution in [0.1, 0.15) is 41.0 Å². The van der Waals surface area contributed by atoms with E-state index in [0.29, 0.717) is 18.5 Å². The van der Waals surface area contributed by atoms with Crippen molar-refractivity contribution in [1.29, 1.82) is 0 Å². The lowest BCUT2D eigenvalue weighted by molar-refractivity contribution is -0.122.